The number of nitrogens with zero attached hydrogens (tertiary/aromatic N) is 4. The first-order valence-electron chi connectivity index (χ1n) is 7.59. The Labute approximate surface area is 136 Å². The molecule has 1 aliphatic carbocycles. The van der Waals surface area contributed by atoms with Gasteiger partial charge in [0, 0.05) is 30.6 Å². The summed E-state index contributed by atoms with van der Waals surface area (Å²) in [5, 5.41) is 7.00. The molecule has 0 saturated heterocycles. The maximum atomic E-state index is 13.3. The lowest BCUT2D eigenvalue weighted by Crippen LogP contribution is -2.21. The van der Waals surface area contributed by atoms with E-state index in [-0.39, 0.29) is 31.0 Å². The summed E-state index contributed by atoms with van der Waals surface area (Å²) in [6.07, 6.45) is -3.09. The molecule has 0 bridgehead atoms. The SMILES string of the molecule is Cc1cc(C)n(-c2nc(NC3CCC(F)(F)C3)cc(C(F)F)n2)n1. The molecule has 1 N–H and O–H groups in total. The summed E-state index contributed by atoms with van der Waals surface area (Å²) in [5.74, 6) is -2.63. The van der Waals surface area contributed by atoms with Gasteiger partial charge in [-0.05, 0) is 26.3 Å². The molecule has 0 spiro atoms. The van der Waals surface area contributed by atoms with Gasteiger partial charge in [-0.15, -0.1) is 0 Å². The van der Waals surface area contributed by atoms with E-state index in [2.05, 4.69) is 20.4 Å². The molecule has 3 rings (SSSR count). The minimum absolute atomic E-state index is 0.00865. The molecule has 0 aliphatic heterocycles. The number of aromatic nitrogens is 4. The van der Waals surface area contributed by atoms with Gasteiger partial charge in [-0.25, -0.2) is 27.2 Å². The van der Waals surface area contributed by atoms with E-state index in [1.165, 1.54) is 4.68 Å². The van der Waals surface area contributed by atoms with Crippen LogP contribution in [0, 0.1) is 13.8 Å². The van der Waals surface area contributed by atoms with Crippen molar-refractivity contribution in [3.05, 3.63) is 29.2 Å². The second-order valence-electron chi connectivity index (χ2n) is 6.06. The fourth-order valence-electron chi connectivity index (χ4n) is 2.85. The van der Waals surface area contributed by atoms with Crippen LogP contribution in [0.15, 0.2) is 12.1 Å². The molecule has 0 aromatic carbocycles. The van der Waals surface area contributed by atoms with Crippen LogP contribution in [0.2, 0.25) is 0 Å². The second kappa shape index (κ2) is 6.03. The summed E-state index contributed by atoms with van der Waals surface area (Å²) in [7, 11) is 0. The number of nitrogens with one attached hydrogen (secondary N) is 1. The Balaban J connectivity index is 1.93. The average Bonchev–Trinajstić information content (AvgIpc) is 3.00. The van der Waals surface area contributed by atoms with E-state index in [9.17, 15) is 17.6 Å². The fourth-order valence-corrected chi connectivity index (χ4v) is 2.85. The fraction of sp³-hybridized carbons (Fsp3) is 0.533. The lowest BCUT2D eigenvalue weighted by Gasteiger charge is -2.15. The number of hydrogen-bond donors (Lipinski definition) is 1. The van der Waals surface area contributed by atoms with Crippen molar-refractivity contribution in [2.24, 2.45) is 0 Å². The first-order valence-corrected chi connectivity index (χ1v) is 7.59. The molecule has 1 aliphatic rings. The minimum Gasteiger partial charge on any atom is -0.367 e. The first-order chi connectivity index (χ1) is 11.2. The van der Waals surface area contributed by atoms with E-state index < -0.39 is 24.1 Å². The van der Waals surface area contributed by atoms with Crippen molar-refractivity contribution in [3.63, 3.8) is 0 Å². The topological polar surface area (TPSA) is 55.6 Å². The number of halogens is 4. The van der Waals surface area contributed by atoms with Crippen molar-refractivity contribution in [2.75, 3.05) is 5.32 Å². The maximum Gasteiger partial charge on any atom is 0.280 e. The normalized spacial score (nSPS) is 19.9. The third-order valence-electron chi connectivity index (χ3n) is 3.91. The van der Waals surface area contributed by atoms with Crippen LogP contribution in [0.5, 0.6) is 0 Å². The molecule has 2 aromatic rings. The van der Waals surface area contributed by atoms with E-state index in [0.29, 0.717) is 11.4 Å². The zero-order valence-electron chi connectivity index (χ0n) is 13.2. The molecule has 9 heteroatoms. The molecule has 5 nitrogen and oxygen atoms in total. The van der Waals surface area contributed by atoms with E-state index in [0.717, 1.165) is 6.07 Å². The minimum atomic E-state index is -2.80. The van der Waals surface area contributed by atoms with Crippen molar-refractivity contribution in [1.29, 1.82) is 0 Å². The predicted octanol–water partition coefficient (Wildman–Crippen LogP) is 3.82. The Bertz CT molecular complexity index is 743. The first kappa shape index (κ1) is 16.7. The molecule has 24 heavy (non-hydrogen) atoms. The highest BCUT2D eigenvalue weighted by atomic mass is 19.3. The standard InChI is InChI=1S/C15H17F4N5/c1-8-5-9(2)24(23-8)14-21-11(13(16)17)6-12(22-14)20-10-3-4-15(18,19)7-10/h5-6,10,13H,3-4,7H2,1-2H3,(H,20,21,22). The van der Waals surface area contributed by atoms with Gasteiger partial charge in [0.2, 0.25) is 5.92 Å². The summed E-state index contributed by atoms with van der Waals surface area (Å²) < 4.78 is 54.2. The highest BCUT2D eigenvalue weighted by Crippen LogP contribution is 2.36. The Morgan fingerprint density at radius 3 is 2.54 bits per heavy atom. The van der Waals surface area contributed by atoms with Crippen molar-refractivity contribution >= 4 is 5.82 Å². The van der Waals surface area contributed by atoms with Crippen LogP contribution in [0.25, 0.3) is 5.95 Å². The average molecular weight is 343 g/mol. The predicted molar refractivity (Wildman–Crippen MR) is 79.8 cm³/mol. The lowest BCUT2D eigenvalue weighted by molar-refractivity contribution is 0.00851. The molecule has 1 fully saturated rings. The molecule has 1 atom stereocenters. The monoisotopic (exact) mass is 343 g/mol. The molecule has 1 saturated carbocycles. The summed E-state index contributed by atoms with van der Waals surface area (Å²) in [4.78, 5) is 8.00. The van der Waals surface area contributed by atoms with E-state index in [1.807, 2.05) is 0 Å². The summed E-state index contributed by atoms with van der Waals surface area (Å²) in [5.41, 5.74) is 0.917. The van der Waals surface area contributed by atoms with Crippen molar-refractivity contribution in [2.45, 2.75) is 51.5 Å². The third-order valence-corrected chi connectivity index (χ3v) is 3.91. The van der Waals surface area contributed by atoms with E-state index in [4.69, 9.17) is 0 Å². The zero-order valence-corrected chi connectivity index (χ0v) is 13.2. The summed E-state index contributed by atoms with van der Waals surface area (Å²) >= 11 is 0. The van der Waals surface area contributed by atoms with Crippen LogP contribution in [-0.2, 0) is 0 Å². The largest absolute Gasteiger partial charge is 0.367 e. The van der Waals surface area contributed by atoms with Crippen LogP contribution in [0.3, 0.4) is 0 Å². The van der Waals surface area contributed by atoms with Gasteiger partial charge in [0.15, 0.2) is 0 Å². The molecular formula is C15H17F4N5. The van der Waals surface area contributed by atoms with Crippen molar-refractivity contribution in [3.8, 4) is 5.95 Å². The quantitative estimate of drug-likeness (QED) is 0.858. The molecule has 2 aromatic heterocycles. The Morgan fingerprint density at radius 1 is 1.25 bits per heavy atom. The number of aryl methyl sites for hydroxylation is 2. The van der Waals surface area contributed by atoms with Gasteiger partial charge in [0.05, 0.1) is 5.69 Å². The van der Waals surface area contributed by atoms with Crippen LogP contribution in [0.1, 0.15) is 42.8 Å². The van der Waals surface area contributed by atoms with Crippen molar-refractivity contribution < 1.29 is 17.6 Å². The number of hydrogen-bond acceptors (Lipinski definition) is 4. The highest BCUT2D eigenvalue weighted by molar-refractivity contribution is 5.41. The molecule has 0 radical (unpaired) electrons. The number of anilines is 1. The third kappa shape index (κ3) is 3.49. The molecule has 2 heterocycles. The van der Waals surface area contributed by atoms with Crippen LogP contribution >= 0.6 is 0 Å². The van der Waals surface area contributed by atoms with Gasteiger partial charge >= 0.3 is 0 Å². The van der Waals surface area contributed by atoms with Gasteiger partial charge in [-0.3, -0.25) is 0 Å². The Hall–Kier alpha value is -2.19. The van der Waals surface area contributed by atoms with Gasteiger partial charge < -0.3 is 5.32 Å². The van der Waals surface area contributed by atoms with E-state index in [1.54, 1.807) is 19.9 Å². The Morgan fingerprint density at radius 2 is 2.00 bits per heavy atom. The van der Waals surface area contributed by atoms with Gasteiger partial charge in [-0.2, -0.15) is 10.1 Å². The van der Waals surface area contributed by atoms with Crippen molar-refractivity contribution in [1.82, 2.24) is 19.7 Å². The van der Waals surface area contributed by atoms with Crippen LogP contribution in [0.4, 0.5) is 23.4 Å². The second-order valence-corrected chi connectivity index (χ2v) is 6.06. The summed E-state index contributed by atoms with van der Waals surface area (Å²) in [6.45, 7) is 3.52. The van der Waals surface area contributed by atoms with Crippen LogP contribution in [-0.4, -0.2) is 31.7 Å². The van der Waals surface area contributed by atoms with Gasteiger partial charge in [-0.1, -0.05) is 0 Å². The maximum absolute atomic E-state index is 13.3. The van der Waals surface area contributed by atoms with Crippen LogP contribution < -0.4 is 5.32 Å². The van der Waals surface area contributed by atoms with Gasteiger partial charge in [0.25, 0.3) is 12.4 Å². The molecular weight excluding hydrogens is 326 g/mol. The lowest BCUT2D eigenvalue weighted by atomic mass is 10.2. The summed E-state index contributed by atoms with van der Waals surface area (Å²) in [6, 6.07) is 2.35. The van der Waals surface area contributed by atoms with E-state index >= 15 is 0 Å². The Kier molecular flexibility index (Phi) is 4.18. The molecule has 1 unspecified atom stereocenters. The highest BCUT2D eigenvalue weighted by Gasteiger charge is 2.39. The molecule has 130 valence electrons. The number of alkyl halides is 4. The number of rotatable bonds is 4. The zero-order chi connectivity index (χ0) is 17.5. The molecule has 0 amide bonds. The smallest absolute Gasteiger partial charge is 0.280 e. The van der Waals surface area contributed by atoms with Gasteiger partial charge in [0.1, 0.15) is 11.5 Å².